The molecule has 8 rings (SSSR count). The van der Waals surface area contributed by atoms with Gasteiger partial charge in [0.15, 0.2) is 11.6 Å². The molecule has 4 aliphatic carbocycles. The van der Waals surface area contributed by atoms with E-state index in [1.807, 2.05) is 0 Å². The second-order valence-electron chi connectivity index (χ2n) is 15.5. The van der Waals surface area contributed by atoms with Crippen LogP contribution in [-0.4, -0.2) is 54.8 Å². The van der Waals surface area contributed by atoms with Gasteiger partial charge in [-0.1, -0.05) is 58.9 Å². The Morgan fingerprint density at radius 2 is 1.49 bits per heavy atom. The van der Waals surface area contributed by atoms with E-state index in [1.54, 1.807) is 0 Å². The molecule has 1 aromatic rings. The van der Waals surface area contributed by atoms with Crippen molar-refractivity contribution in [1.82, 2.24) is 0 Å². The third-order valence-electron chi connectivity index (χ3n) is 12.9. The van der Waals surface area contributed by atoms with Crippen molar-refractivity contribution in [3.8, 4) is 0 Å². The van der Waals surface area contributed by atoms with E-state index in [0.717, 1.165) is 44.1 Å². The van der Waals surface area contributed by atoms with Crippen LogP contribution in [0.3, 0.4) is 0 Å². The Morgan fingerprint density at radius 3 is 2.15 bits per heavy atom. The number of rotatable bonds is 1. The number of fused-ring (bicyclic) bond motifs is 5. The van der Waals surface area contributed by atoms with Crippen LogP contribution in [0.4, 0.5) is 0 Å². The van der Waals surface area contributed by atoms with Crippen LogP contribution in [0.1, 0.15) is 90.7 Å². The monoisotopic (exact) mass is 538 g/mol. The van der Waals surface area contributed by atoms with Crippen LogP contribution in [0.5, 0.6) is 0 Å². The van der Waals surface area contributed by atoms with E-state index in [0.29, 0.717) is 44.7 Å². The van der Waals surface area contributed by atoms with Gasteiger partial charge in [-0.2, -0.15) is 0 Å². The van der Waals surface area contributed by atoms with Gasteiger partial charge in [-0.3, -0.25) is 0 Å². The summed E-state index contributed by atoms with van der Waals surface area (Å²) in [5.41, 5.74) is 0.643. The zero-order valence-electron chi connectivity index (χ0n) is 24.4. The maximum absolute atomic E-state index is 13.4. The van der Waals surface area contributed by atoms with E-state index in [4.69, 9.17) is 23.7 Å². The first-order valence-corrected chi connectivity index (χ1v) is 15.5. The zero-order valence-corrected chi connectivity index (χ0v) is 24.4. The lowest BCUT2D eigenvalue weighted by molar-refractivity contribution is -0.296. The number of epoxide rings is 1. The van der Waals surface area contributed by atoms with Crippen LogP contribution in [-0.2, 0) is 34.7 Å². The summed E-state index contributed by atoms with van der Waals surface area (Å²) in [5.74, 6) is -0.251. The third-order valence-corrected chi connectivity index (χ3v) is 12.9. The number of aliphatic hydroxyl groups is 1. The van der Waals surface area contributed by atoms with Crippen LogP contribution < -0.4 is 0 Å². The Bertz CT molecular complexity index is 1160. The third kappa shape index (κ3) is 3.09. The molecule has 8 atom stereocenters. The first-order valence-electron chi connectivity index (χ1n) is 15.5. The van der Waals surface area contributed by atoms with Crippen molar-refractivity contribution in [3.63, 3.8) is 0 Å². The van der Waals surface area contributed by atoms with E-state index in [9.17, 15) is 5.11 Å². The molecule has 0 unspecified atom stereocenters. The molecule has 6 nitrogen and oxygen atoms in total. The highest BCUT2D eigenvalue weighted by Gasteiger charge is 2.82. The fourth-order valence-corrected chi connectivity index (χ4v) is 11.1. The highest BCUT2D eigenvalue weighted by atomic mass is 16.7. The molecule has 0 radical (unpaired) electrons. The Morgan fingerprint density at radius 1 is 0.821 bits per heavy atom. The average Bonchev–Trinajstić information content (AvgIpc) is 3.23. The molecule has 7 fully saturated rings. The Hall–Kier alpha value is -1.02. The van der Waals surface area contributed by atoms with Gasteiger partial charge in [0, 0.05) is 36.0 Å². The van der Waals surface area contributed by atoms with Gasteiger partial charge in [0.1, 0.15) is 5.60 Å². The molecule has 7 aliphatic rings. The standard InChI is InChI=1S/C33H46O6/c1-27(2,3)21-6-8-22(9-7-21)31(34)19-29(5)24(10-11-33(29)37-16-17-38-33)23-18-25-32(39-25)20-30(35-14-15-36-30)13-12-28(32,4)26(23)31/h6-9,23-26,34H,10-20H2,1-5H3/t23-,24-,25-,26-,28+,29-,31+,32-/m0/s1. The highest BCUT2D eigenvalue weighted by Crippen LogP contribution is 2.78. The van der Waals surface area contributed by atoms with Gasteiger partial charge in [0.2, 0.25) is 0 Å². The molecule has 39 heavy (non-hydrogen) atoms. The summed E-state index contributed by atoms with van der Waals surface area (Å²) < 4.78 is 32.2. The second kappa shape index (κ2) is 7.67. The maximum atomic E-state index is 13.4. The molecule has 6 heteroatoms. The van der Waals surface area contributed by atoms with E-state index >= 15 is 0 Å². The van der Waals surface area contributed by atoms with Crippen molar-refractivity contribution in [3.05, 3.63) is 35.4 Å². The molecular formula is C33H46O6. The van der Waals surface area contributed by atoms with Crippen LogP contribution >= 0.6 is 0 Å². The summed E-state index contributed by atoms with van der Waals surface area (Å²) in [6.45, 7) is 14.1. The van der Waals surface area contributed by atoms with Crippen molar-refractivity contribution < 1.29 is 28.8 Å². The molecule has 0 aromatic heterocycles. The normalized spacial score (nSPS) is 49.0. The summed E-state index contributed by atoms with van der Waals surface area (Å²) in [6, 6.07) is 8.89. The Kier molecular flexibility index (Phi) is 5.05. The van der Waals surface area contributed by atoms with Gasteiger partial charge in [-0.05, 0) is 54.1 Å². The van der Waals surface area contributed by atoms with Crippen LogP contribution in [0.2, 0.25) is 0 Å². The second-order valence-corrected chi connectivity index (χ2v) is 15.5. The first kappa shape index (κ1) is 25.7. The van der Waals surface area contributed by atoms with E-state index in [-0.39, 0.29) is 33.9 Å². The number of benzene rings is 1. The summed E-state index contributed by atoms with van der Waals surface area (Å²) in [4.78, 5) is 0. The smallest absolute Gasteiger partial charge is 0.174 e. The fourth-order valence-electron chi connectivity index (χ4n) is 11.1. The van der Waals surface area contributed by atoms with Gasteiger partial charge in [-0.25, -0.2) is 0 Å². The van der Waals surface area contributed by atoms with Crippen LogP contribution in [0.25, 0.3) is 0 Å². The first-order chi connectivity index (χ1) is 18.4. The molecular weight excluding hydrogens is 492 g/mol. The van der Waals surface area contributed by atoms with Crippen molar-refractivity contribution in [2.24, 2.45) is 28.6 Å². The molecule has 1 aromatic carbocycles. The minimum Gasteiger partial charge on any atom is -0.385 e. The molecule has 214 valence electrons. The molecule has 3 heterocycles. The van der Waals surface area contributed by atoms with E-state index in [2.05, 4.69) is 58.9 Å². The average molecular weight is 539 g/mol. The maximum Gasteiger partial charge on any atom is 0.174 e. The van der Waals surface area contributed by atoms with Crippen molar-refractivity contribution >= 4 is 0 Å². The lowest BCUT2D eigenvalue weighted by Crippen LogP contribution is -2.68. The summed E-state index contributed by atoms with van der Waals surface area (Å²) in [6.07, 6.45) is 6.41. The van der Waals surface area contributed by atoms with E-state index < -0.39 is 17.2 Å². The quantitative estimate of drug-likeness (QED) is 0.480. The lowest BCUT2D eigenvalue weighted by Gasteiger charge is -2.65. The highest BCUT2D eigenvalue weighted by molar-refractivity contribution is 5.37. The van der Waals surface area contributed by atoms with Crippen LogP contribution in [0, 0.1) is 28.6 Å². The predicted molar refractivity (Wildman–Crippen MR) is 145 cm³/mol. The molecule has 1 N–H and O–H groups in total. The Balaban J connectivity index is 1.27. The van der Waals surface area contributed by atoms with Gasteiger partial charge in [0.05, 0.1) is 38.1 Å². The minimum atomic E-state index is -1.01. The van der Waals surface area contributed by atoms with Crippen LogP contribution in [0.15, 0.2) is 24.3 Å². The van der Waals surface area contributed by atoms with Crippen molar-refractivity contribution in [1.29, 1.82) is 0 Å². The van der Waals surface area contributed by atoms with E-state index in [1.165, 1.54) is 5.56 Å². The largest absolute Gasteiger partial charge is 0.385 e. The molecule has 0 bridgehead atoms. The van der Waals surface area contributed by atoms with Gasteiger partial charge < -0.3 is 28.8 Å². The molecule has 4 saturated carbocycles. The number of hydrogen-bond donors (Lipinski definition) is 1. The SMILES string of the molecule is CC(C)(C)c1ccc([C@]2(O)C[C@@]3(C)[C@@H](CCC34OCCO4)[C@@H]3C[C@@H]4O[C@@]45CC4(CC[C@]5(C)[C@H]32)OCCO4)cc1. The molecule has 3 saturated heterocycles. The van der Waals surface area contributed by atoms with Crippen molar-refractivity contribution in [2.75, 3.05) is 26.4 Å². The summed E-state index contributed by atoms with van der Waals surface area (Å²) in [5, 5.41) is 13.4. The molecule has 0 amide bonds. The molecule has 3 spiro atoms. The number of ether oxygens (including phenoxy) is 5. The lowest BCUT2D eigenvalue weighted by atomic mass is 9.40. The summed E-state index contributed by atoms with van der Waals surface area (Å²) in [7, 11) is 0. The molecule has 3 aliphatic heterocycles. The minimum absolute atomic E-state index is 0.0588. The fraction of sp³-hybridized carbons (Fsp3) is 0.818. The predicted octanol–water partition coefficient (Wildman–Crippen LogP) is 5.44. The summed E-state index contributed by atoms with van der Waals surface area (Å²) >= 11 is 0. The van der Waals surface area contributed by atoms with Gasteiger partial charge >= 0.3 is 0 Å². The van der Waals surface area contributed by atoms with Gasteiger partial charge in [-0.15, -0.1) is 0 Å². The zero-order chi connectivity index (χ0) is 27.1. The Labute approximate surface area is 233 Å². The van der Waals surface area contributed by atoms with Gasteiger partial charge in [0.25, 0.3) is 0 Å². The van der Waals surface area contributed by atoms with Crippen molar-refractivity contribution in [2.45, 2.75) is 114 Å². The topological polar surface area (TPSA) is 69.7 Å². The number of hydrogen-bond acceptors (Lipinski definition) is 6.